The molecule has 0 radical (unpaired) electrons. The van der Waals surface area contributed by atoms with Gasteiger partial charge in [-0.1, -0.05) is 32.6 Å². The van der Waals surface area contributed by atoms with Crippen molar-refractivity contribution in [1.82, 2.24) is 0 Å². The minimum absolute atomic E-state index is 0.211. The second-order valence-corrected chi connectivity index (χ2v) is 2.24. The highest BCUT2D eigenvalue weighted by Gasteiger charge is 1.94. The van der Waals surface area contributed by atoms with E-state index in [9.17, 15) is 4.39 Å². The van der Waals surface area contributed by atoms with Crippen LogP contribution in [-0.4, -0.2) is 0 Å². The van der Waals surface area contributed by atoms with Gasteiger partial charge >= 0.3 is 0 Å². The normalized spacial score (nSPS) is 13.4. The summed E-state index contributed by atoms with van der Waals surface area (Å²) in [6.45, 7) is 7.32. The molecule has 0 nitrogen and oxygen atoms in total. The van der Waals surface area contributed by atoms with Crippen LogP contribution < -0.4 is 0 Å². The maximum absolute atomic E-state index is 12.8. The molecule has 0 aliphatic rings. The summed E-state index contributed by atoms with van der Waals surface area (Å²) >= 11 is 0. The van der Waals surface area contributed by atoms with Crippen molar-refractivity contribution in [2.75, 3.05) is 0 Å². The number of hydrogen-bond donors (Lipinski definition) is 0. The highest BCUT2D eigenvalue weighted by Crippen LogP contribution is 2.12. The van der Waals surface area contributed by atoms with Gasteiger partial charge in [-0.15, -0.1) is 0 Å². The number of halogens is 1. The van der Waals surface area contributed by atoms with Crippen molar-refractivity contribution in [2.45, 2.75) is 26.7 Å². The molecule has 0 atom stereocenters. The van der Waals surface area contributed by atoms with Crippen LogP contribution >= 0.6 is 0 Å². The molecule has 0 saturated carbocycles. The number of allylic oxidation sites excluding steroid dienone is 5. The summed E-state index contributed by atoms with van der Waals surface area (Å²) in [6.07, 6.45) is 6.67. The molecule has 0 rings (SSSR count). The molecule has 0 spiro atoms. The Hall–Kier alpha value is -0.850. The third kappa shape index (κ3) is 3.76. The van der Waals surface area contributed by atoms with Gasteiger partial charge in [-0.3, -0.25) is 0 Å². The molecule has 0 fully saturated rings. The van der Waals surface area contributed by atoms with E-state index in [4.69, 9.17) is 0 Å². The van der Waals surface area contributed by atoms with Crippen LogP contribution in [0.2, 0.25) is 0 Å². The monoisotopic (exact) mass is 154 g/mol. The molecule has 11 heavy (non-hydrogen) atoms. The van der Waals surface area contributed by atoms with Crippen LogP contribution in [0.3, 0.4) is 0 Å². The Balaban J connectivity index is 4.38. The molecular weight excluding hydrogens is 139 g/mol. The highest BCUT2D eigenvalue weighted by atomic mass is 19.1. The maximum atomic E-state index is 12.8. The molecule has 62 valence electrons. The largest absolute Gasteiger partial charge is 0.207 e. The van der Waals surface area contributed by atoms with Crippen LogP contribution in [0.4, 0.5) is 4.39 Å². The Kier molecular flexibility index (Phi) is 5.44. The Morgan fingerprint density at radius 1 is 1.45 bits per heavy atom. The third-order valence-electron chi connectivity index (χ3n) is 1.42. The second kappa shape index (κ2) is 5.90. The van der Waals surface area contributed by atoms with E-state index in [1.807, 2.05) is 26.0 Å². The lowest BCUT2D eigenvalue weighted by atomic mass is 10.1. The molecule has 0 amide bonds. The minimum Gasteiger partial charge on any atom is -0.207 e. The molecular formula is C10H15F. The van der Waals surface area contributed by atoms with Crippen LogP contribution in [-0.2, 0) is 0 Å². The average Bonchev–Trinajstić information content (AvgIpc) is 2.05. The fourth-order valence-corrected chi connectivity index (χ4v) is 0.758. The Labute approximate surface area is 68.1 Å². The van der Waals surface area contributed by atoms with Crippen LogP contribution in [0.25, 0.3) is 0 Å². The molecule has 0 unspecified atom stereocenters. The molecule has 0 aromatic heterocycles. The summed E-state index contributed by atoms with van der Waals surface area (Å²) < 4.78 is 12.8. The van der Waals surface area contributed by atoms with E-state index in [0.717, 1.165) is 12.0 Å². The van der Waals surface area contributed by atoms with Gasteiger partial charge in [0.25, 0.3) is 0 Å². The second-order valence-electron chi connectivity index (χ2n) is 2.24. The molecule has 0 N–H and O–H groups in total. The van der Waals surface area contributed by atoms with Crippen molar-refractivity contribution in [3.05, 3.63) is 36.2 Å². The van der Waals surface area contributed by atoms with Crippen molar-refractivity contribution in [3.8, 4) is 0 Å². The summed E-state index contributed by atoms with van der Waals surface area (Å²) in [5.41, 5.74) is 0.724. The van der Waals surface area contributed by atoms with Gasteiger partial charge in [-0.2, -0.15) is 0 Å². The zero-order valence-electron chi connectivity index (χ0n) is 7.23. The SMILES string of the molecule is C=C/C(F)=C(/C=C\CC)CC. The maximum Gasteiger partial charge on any atom is 0.125 e. The molecule has 0 saturated heterocycles. The van der Waals surface area contributed by atoms with Gasteiger partial charge in [-0.25, -0.2) is 4.39 Å². The first-order valence-corrected chi connectivity index (χ1v) is 3.93. The van der Waals surface area contributed by atoms with Crippen molar-refractivity contribution in [2.24, 2.45) is 0 Å². The van der Waals surface area contributed by atoms with Crippen molar-refractivity contribution >= 4 is 0 Å². The first-order chi connectivity index (χ1) is 5.26. The van der Waals surface area contributed by atoms with Crippen molar-refractivity contribution in [3.63, 3.8) is 0 Å². The topological polar surface area (TPSA) is 0 Å². The molecule has 0 bridgehead atoms. The molecule has 0 heterocycles. The van der Waals surface area contributed by atoms with Crippen LogP contribution in [0.1, 0.15) is 26.7 Å². The first kappa shape index (κ1) is 10.2. The average molecular weight is 154 g/mol. The standard InChI is InChI=1S/C10H15F/c1-4-7-8-9(5-2)10(11)6-3/h6-8H,3-5H2,1-2H3/b8-7-,10-9-. The summed E-state index contributed by atoms with van der Waals surface area (Å²) in [4.78, 5) is 0. The number of rotatable bonds is 4. The zero-order chi connectivity index (χ0) is 8.69. The lowest BCUT2D eigenvalue weighted by Gasteiger charge is -1.96. The third-order valence-corrected chi connectivity index (χ3v) is 1.42. The Bertz CT molecular complexity index is 175. The van der Waals surface area contributed by atoms with Gasteiger partial charge in [0, 0.05) is 0 Å². The lowest BCUT2D eigenvalue weighted by molar-refractivity contribution is 0.653. The lowest BCUT2D eigenvalue weighted by Crippen LogP contribution is -1.78. The summed E-state index contributed by atoms with van der Waals surface area (Å²) in [5.74, 6) is -0.211. The van der Waals surface area contributed by atoms with Gasteiger partial charge < -0.3 is 0 Å². The minimum atomic E-state index is -0.211. The van der Waals surface area contributed by atoms with Gasteiger partial charge in [0.15, 0.2) is 0 Å². The Morgan fingerprint density at radius 2 is 2.09 bits per heavy atom. The molecule has 0 aromatic rings. The Morgan fingerprint density at radius 3 is 2.45 bits per heavy atom. The van der Waals surface area contributed by atoms with Gasteiger partial charge in [0.1, 0.15) is 5.83 Å². The fraction of sp³-hybridized carbons (Fsp3) is 0.400. The zero-order valence-corrected chi connectivity index (χ0v) is 7.23. The molecule has 0 aliphatic heterocycles. The van der Waals surface area contributed by atoms with E-state index in [0.29, 0.717) is 6.42 Å². The van der Waals surface area contributed by atoms with E-state index >= 15 is 0 Å². The van der Waals surface area contributed by atoms with Crippen LogP contribution in [0.15, 0.2) is 36.2 Å². The van der Waals surface area contributed by atoms with E-state index in [2.05, 4.69) is 6.58 Å². The van der Waals surface area contributed by atoms with Gasteiger partial charge in [0.2, 0.25) is 0 Å². The fourth-order valence-electron chi connectivity index (χ4n) is 0.758. The highest BCUT2D eigenvalue weighted by molar-refractivity contribution is 5.27. The predicted molar refractivity (Wildman–Crippen MR) is 48.1 cm³/mol. The summed E-state index contributed by atoms with van der Waals surface area (Å²) in [7, 11) is 0. The van der Waals surface area contributed by atoms with E-state index in [1.165, 1.54) is 6.08 Å². The molecule has 0 aliphatic carbocycles. The summed E-state index contributed by atoms with van der Waals surface area (Å²) in [6, 6.07) is 0. The van der Waals surface area contributed by atoms with Crippen LogP contribution in [0.5, 0.6) is 0 Å². The smallest absolute Gasteiger partial charge is 0.125 e. The van der Waals surface area contributed by atoms with Gasteiger partial charge in [0.05, 0.1) is 0 Å². The van der Waals surface area contributed by atoms with Crippen LogP contribution in [0, 0.1) is 0 Å². The van der Waals surface area contributed by atoms with E-state index in [-0.39, 0.29) is 5.83 Å². The quantitative estimate of drug-likeness (QED) is 0.541. The molecule has 0 aromatic carbocycles. The van der Waals surface area contributed by atoms with Crippen molar-refractivity contribution in [1.29, 1.82) is 0 Å². The van der Waals surface area contributed by atoms with E-state index < -0.39 is 0 Å². The van der Waals surface area contributed by atoms with Gasteiger partial charge in [-0.05, 0) is 24.5 Å². The first-order valence-electron chi connectivity index (χ1n) is 3.93. The summed E-state index contributed by atoms with van der Waals surface area (Å²) in [5, 5.41) is 0. The predicted octanol–water partition coefficient (Wildman–Crippen LogP) is 3.77. The molecule has 1 heteroatoms. The van der Waals surface area contributed by atoms with Crippen molar-refractivity contribution < 1.29 is 4.39 Å². The van der Waals surface area contributed by atoms with E-state index in [1.54, 1.807) is 0 Å². The number of hydrogen-bond acceptors (Lipinski definition) is 0.